The largest absolute Gasteiger partial charge is 0.481 e. The van der Waals surface area contributed by atoms with Gasteiger partial charge in [0.25, 0.3) is 55.1 Å². The van der Waals surface area contributed by atoms with E-state index in [1.165, 1.54) is 57.3 Å². The molecule has 5 atom stereocenters. The Morgan fingerprint density at radius 1 is 0.686 bits per heavy atom. The molecule has 8 rings (SSSR count). The first kappa shape index (κ1) is 80.1. The van der Waals surface area contributed by atoms with Crippen molar-refractivity contribution in [1.82, 2.24) is 36.4 Å². The summed E-state index contributed by atoms with van der Waals surface area (Å²) in [5.41, 5.74) is 0.509. The predicted molar refractivity (Wildman–Crippen MR) is 387 cm³/mol. The molecule has 4 aromatic carbocycles. The number of rotatable bonds is 33. The average molecular weight is 1530 g/mol. The number of benzene rings is 4. The van der Waals surface area contributed by atoms with E-state index in [1.807, 2.05) is 32.9 Å². The van der Waals surface area contributed by atoms with Crippen LogP contribution in [0.25, 0.3) is 27.1 Å². The van der Waals surface area contributed by atoms with Crippen LogP contribution < -0.4 is 36.2 Å². The van der Waals surface area contributed by atoms with Gasteiger partial charge in [0.1, 0.15) is 30.4 Å². The van der Waals surface area contributed by atoms with Crippen molar-refractivity contribution in [2.75, 3.05) is 46.1 Å². The molecule has 37 heteroatoms. The van der Waals surface area contributed by atoms with Crippen molar-refractivity contribution in [2.24, 2.45) is 5.92 Å². The number of carbonyl (C=O) groups is 10. The van der Waals surface area contributed by atoms with Gasteiger partial charge in [-0.05, 0) is 122 Å². The number of ketones is 1. The highest BCUT2D eigenvalue weighted by Crippen LogP contribution is 2.52. The van der Waals surface area contributed by atoms with Crippen molar-refractivity contribution in [3.63, 3.8) is 0 Å². The zero-order chi connectivity index (χ0) is 77.5. The highest BCUT2D eigenvalue weighted by Gasteiger charge is 2.47. The Labute approximate surface area is 607 Å². The quantitative estimate of drug-likeness (QED) is 0.00728. The topological polar surface area (TPSA) is 515 Å². The highest BCUT2D eigenvalue weighted by molar-refractivity contribution is 7.86. The van der Waals surface area contributed by atoms with Crippen LogP contribution in [0.15, 0.2) is 96.9 Å². The Morgan fingerprint density at radius 2 is 1.30 bits per heavy atom. The minimum Gasteiger partial charge on any atom is -0.481 e. The van der Waals surface area contributed by atoms with Crippen LogP contribution >= 0.6 is 11.3 Å². The molecule has 0 bridgehead atoms. The number of hydrogen-bond acceptors (Lipinski definition) is 20. The summed E-state index contributed by atoms with van der Waals surface area (Å²) >= 11 is -1.66. The number of nitrogens with zero attached hydrogens (tertiary/aromatic N) is 5. The monoisotopic (exact) mass is 1530 g/mol. The van der Waals surface area contributed by atoms with E-state index in [-0.39, 0.29) is 74.9 Å². The predicted octanol–water partition coefficient (Wildman–Crippen LogP) is 6.09. The molecule has 2 aromatic heterocycles. The Morgan fingerprint density at radius 3 is 1.89 bits per heavy atom. The first-order chi connectivity index (χ1) is 49.1. The standard InChI is InChI=1S/C68H75N11O22S4/c1-9-10-24-78-49-18-15-41-43(51(80)27-34(2)61(86)87)28-39(58(83)71-35(3)62(88)89)29-44(41)55(49)67(5,6)52(78)20-13-37(47-17-12-38(32-70-47)57(82)69-23-22-54(81)74-65-75-76-66(102-65)77-103(94)95)14-21-53-68(7,8)56-45-30-40(59(84)73-48(64(92)93)33-105(99,100)101)31-46(60(85)72-36(4)63(90)91)42(45)16-19-50(56)79(53)25-11-26-104(96,97)98/h12-21,28-32,34-36,48H,9-11,22-27,33H2,1-8H3,(H12-,69,71,72,73,74,75,76,77,81,82,83,84,85,86,87,88,89,90,91,92,93,94,95,96,97,98,99,100,101)/p+1. The second-order valence-corrected chi connectivity index (χ2v) is 30.6. The molecule has 0 radical (unpaired) electrons. The molecule has 6 aromatic rings. The second-order valence-electron chi connectivity index (χ2n) is 25.9. The smallest absolute Gasteiger partial charge is 0.327 e. The molecular formula is C68H76N11O22S4+. The summed E-state index contributed by atoms with van der Waals surface area (Å²) in [6.45, 7) is 13.2. The molecule has 0 saturated heterocycles. The number of fused-ring (bicyclic) bond motifs is 6. The third-order valence-electron chi connectivity index (χ3n) is 17.5. The maximum Gasteiger partial charge on any atom is 0.327 e. The summed E-state index contributed by atoms with van der Waals surface area (Å²) in [4.78, 5) is 138. The number of carbonyl (C=O) groups excluding carboxylic acids is 6. The molecule has 4 heterocycles. The molecule has 0 aliphatic carbocycles. The van der Waals surface area contributed by atoms with Crippen LogP contribution in [-0.4, -0.2) is 189 Å². The van der Waals surface area contributed by atoms with Gasteiger partial charge in [0.2, 0.25) is 21.9 Å². The van der Waals surface area contributed by atoms with Gasteiger partial charge in [-0.25, -0.2) is 9.00 Å². The molecule has 5 amide bonds. The van der Waals surface area contributed by atoms with Crippen LogP contribution in [0.5, 0.6) is 0 Å². The molecule has 558 valence electrons. The van der Waals surface area contributed by atoms with Crippen molar-refractivity contribution in [3.8, 4) is 0 Å². The van der Waals surface area contributed by atoms with Gasteiger partial charge in [0.15, 0.2) is 11.5 Å². The van der Waals surface area contributed by atoms with Crippen molar-refractivity contribution < 1.29 is 108 Å². The van der Waals surface area contributed by atoms with Crippen LogP contribution in [0.2, 0.25) is 0 Å². The molecule has 13 N–H and O–H groups in total. The van der Waals surface area contributed by atoms with Crippen molar-refractivity contribution in [2.45, 2.75) is 116 Å². The van der Waals surface area contributed by atoms with E-state index in [0.29, 0.717) is 69.6 Å². The van der Waals surface area contributed by atoms with Gasteiger partial charge < -0.3 is 51.9 Å². The van der Waals surface area contributed by atoms with Crippen LogP contribution in [0.1, 0.15) is 156 Å². The fourth-order valence-corrected chi connectivity index (χ4v) is 14.5. The fraction of sp³-hybridized carbons (Fsp3) is 0.353. The van der Waals surface area contributed by atoms with E-state index in [2.05, 4.69) is 46.1 Å². The SMILES string of the molecule is CCCC[N+]1=C(/C=C/C(=C/C=C2/N(CCCS(=O)(=O)O)c3ccc4c(C(=O)NC(C)C(=O)O)cc(C(=O)NC(CS(=O)(=O)O)C(=O)O)cc4c3C2(C)C)c2ccc(C(=O)NCCC(=O)Nc3nnc(NS(=O)O)s3)cn2)C(C)(C)c2c1ccc1c(C(=O)CC(C)C(=O)O)cc(C(=O)NC(C)C(=O)O)cc21. The third kappa shape index (κ3) is 19.1. The maximum atomic E-state index is 14.3. The molecule has 0 spiro atoms. The van der Waals surface area contributed by atoms with Crippen molar-refractivity contribution in [1.29, 1.82) is 0 Å². The Bertz CT molecular complexity index is 4970. The van der Waals surface area contributed by atoms with Crippen molar-refractivity contribution >= 4 is 157 Å². The molecule has 0 saturated carbocycles. The normalized spacial score (nSPS) is 15.9. The number of pyridine rings is 1. The first-order valence-electron chi connectivity index (χ1n) is 32.4. The fourth-order valence-electron chi connectivity index (χ4n) is 12.3. The molecule has 0 fully saturated rings. The number of carboxylic acid groups (broad SMARTS) is 4. The molecule has 2 aliphatic rings. The lowest BCUT2D eigenvalue weighted by atomic mass is 9.77. The van der Waals surface area contributed by atoms with Crippen LogP contribution in [0, 0.1) is 5.92 Å². The van der Waals surface area contributed by atoms with E-state index in [9.17, 15) is 98.5 Å². The minimum atomic E-state index is -5.02. The molecule has 105 heavy (non-hydrogen) atoms. The van der Waals surface area contributed by atoms with E-state index in [4.69, 9.17) is 9.54 Å². The zero-order valence-electron chi connectivity index (χ0n) is 57.7. The Balaban J connectivity index is 1.32. The molecular weight excluding hydrogens is 1450 g/mol. The van der Waals surface area contributed by atoms with E-state index >= 15 is 0 Å². The minimum absolute atomic E-state index is 0.00561. The molecule has 33 nitrogen and oxygen atoms in total. The van der Waals surface area contributed by atoms with Gasteiger partial charge in [-0.3, -0.25) is 66.5 Å². The van der Waals surface area contributed by atoms with Crippen LogP contribution in [0.3, 0.4) is 0 Å². The number of anilines is 3. The summed E-state index contributed by atoms with van der Waals surface area (Å²) in [7, 11) is -9.60. The number of aromatic nitrogens is 3. The number of carboxylic acids is 4. The third-order valence-corrected chi connectivity index (χ3v) is 20.3. The number of allylic oxidation sites excluding steroid dienone is 6. The first-order valence-corrected chi connectivity index (χ1v) is 37.5. The average Bonchev–Trinajstić information content (AvgIpc) is 1.59. The molecule has 5 unspecified atom stereocenters. The van der Waals surface area contributed by atoms with Gasteiger partial charge in [-0.1, -0.05) is 57.6 Å². The van der Waals surface area contributed by atoms with Crippen molar-refractivity contribution in [3.05, 3.63) is 141 Å². The number of amides is 5. The number of unbranched alkanes of at least 4 members (excludes halogenated alkanes) is 1. The Hall–Kier alpha value is -10.6. The van der Waals surface area contributed by atoms with Gasteiger partial charge >= 0.3 is 23.9 Å². The highest BCUT2D eigenvalue weighted by atomic mass is 32.2. The van der Waals surface area contributed by atoms with Crippen LogP contribution in [-0.2, 0) is 66.3 Å². The lowest BCUT2D eigenvalue weighted by Crippen LogP contribution is -2.45. The second kappa shape index (κ2) is 32.6. The summed E-state index contributed by atoms with van der Waals surface area (Å²) in [5.74, 6) is -14.1. The Kier molecular flexibility index (Phi) is 24.9. The molecule has 2 aliphatic heterocycles. The summed E-state index contributed by atoms with van der Waals surface area (Å²) in [6.07, 6.45) is 8.59. The number of Topliss-reactive ketones (excluding diaryl/α,β-unsaturated/α-hetero) is 1. The lowest BCUT2D eigenvalue weighted by molar-refractivity contribution is -0.438. The van der Waals surface area contributed by atoms with E-state index in [1.54, 1.807) is 55.2 Å². The number of nitrogens with one attached hydrogen (secondary N) is 6. The number of hydrogen-bond donors (Lipinski definition) is 13. The maximum absolute atomic E-state index is 14.3. The van der Waals surface area contributed by atoms with E-state index in [0.717, 1.165) is 17.4 Å². The van der Waals surface area contributed by atoms with Gasteiger partial charge in [0, 0.05) is 101 Å². The zero-order valence-corrected chi connectivity index (χ0v) is 60.9. The number of aliphatic carboxylic acids is 4. The van der Waals surface area contributed by atoms with Gasteiger partial charge in [-0.2, -0.15) is 21.4 Å². The summed E-state index contributed by atoms with van der Waals surface area (Å²) in [6, 6.07) is 9.67. The van der Waals surface area contributed by atoms with Crippen LogP contribution in [0.4, 0.5) is 21.6 Å². The van der Waals surface area contributed by atoms with Gasteiger partial charge in [-0.15, -0.1) is 10.2 Å². The van der Waals surface area contributed by atoms with E-state index < -0.39 is 149 Å². The lowest BCUT2D eigenvalue weighted by Gasteiger charge is -2.27. The summed E-state index contributed by atoms with van der Waals surface area (Å²) < 4.78 is 92.6. The summed E-state index contributed by atoms with van der Waals surface area (Å²) in [5, 5.41) is 59.7. The van der Waals surface area contributed by atoms with Gasteiger partial charge in [0.05, 0.1) is 28.3 Å².